The van der Waals surface area contributed by atoms with Crippen LogP contribution < -0.4 is 5.32 Å². The first-order valence-corrected chi connectivity index (χ1v) is 5.65. The highest BCUT2D eigenvalue weighted by Gasteiger charge is 2.46. The van der Waals surface area contributed by atoms with Gasteiger partial charge in [-0.1, -0.05) is 6.42 Å². The molecule has 84 valence electrons. The van der Waals surface area contributed by atoms with E-state index in [-0.39, 0.29) is 12.3 Å². The maximum Gasteiger partial charge on any atom is 0.310 e. The normalized spacial score (nSPS) is 23.7. The van der Waals surface area contributed by atoms with E-state index >= 15 is 0 Å². The lowest BCUT2D eigenvalue weighted by atomic mass is 9.66. The van der Waals surface area contributed by atoms with Gasteiger partial charge in [-0.25, -0.2) is 0 Å². The van der Waals surface area contributed by atoms with Crippen LogP contribution in [-0.2, 0) is 9.59 Å². The number of aliphatic carboxylic acids is 1. The predicted molar refractivity (Wildman–Crippen MR) is 54.3 cm³/mol. The van der Waals surface area contributed by atoms with E-state index in [1.807, 2.05) is 0 Å². The maximum absolute atomic E-state index is 11.6. The van der Waals surface area contributed by atoms with E-state index in [2.05, 4.69) is 5.32 Å². The van der Waals surface area contributed by atoms with Gasteiger partial charge in [-0.2, -0.15) is 0 Å². The van der Waals surface area contributed by atoms with E-state index in [9.17, 15) is 9.59 Å². The second-order valence-electron chi connectivity index (χ2n) is 4.81. The minimum Gasteiger partial charge on any atom is -0.481 e. The van der Waals surface area contributed by atoms with Crippen LogP contribution in [0.25, 0.3) is 0 Å². The Balaban J connectivity index is 1.83. The standard InChI is InChI=1S/C11H17NO3/c13-9(12-8-3-1-4-8)7-11(10(14)15)5-2-6-11/h8H,1-7H2,(H,12,13)(H,14,15). The largest absolute Gasteiger partial charge is 0.481 e. The summed E-state index contributed by atoms with van der Waals surface area (Å²) in [5, 5.41) is 12.0. The van der Waals surface area contributed by atoms with E-state index in [4.69, 9.17) is 5.11 Å². The third kappa shape index (κ3) is 1.98. The van der Waals surface area contributed by atoms with Gasteiger partial charge in [0.15, 0.2) is 0 Å². The van der Waals surface area contributed by atoms with Gasteiger partial charge in [-0.05, 0) is 32.1 Å². The second-order valence-corrected chi connectivity index (χ2v) is 4.81. The molecule has 0 spiro atoms. The van der Waals surface area contributed by atoms with Crippen molar-refractivity contribution in [3.05, 3.63) is 0 Å². The molecule has 0 saturated heterocycles. The predicted octanol–water partition coefficient (Wildman–Crippen LogP) is 1.30. The lowest BCUT2D eigenvalue weighted by Gasteiger charge is -2.37. The number of nitrogens with one attached hydrogen (secondary N) is 1. The number of carbonyl (C=O) groups excluding carboxylic acids is 1. The number of hydrogen-bond donors (Lipinski definition) is 2. The summed E-state index contributed by atoms with van der Waals surface area (Å²) in [5.41, 5.74) is -0.742. The van der Waals surface area contributed by atoms with E-state index in [0.717, 1.165) is 19.3 Å². The molecule has 2 aliphatic carbocycles. The Morgan fingerprint density at radius 1 is 1.27 bits per heavy atom. The van der Waals surface area contributed by atoms with Gasteiger partial charge in [0, 0.05) is 12.5 Å². The molecule has 0 aromatic heterocycles. The monoisotopic (exact) mass is 211 g/mol. The van der Waals surface area contributed by atoms with Crippen LogP contribution >= 0.6 is 0 Å². The van der Waals surface area contributed by atoms with Crippen LogP contribution in [0.4, 0.5) is 0 Å². The fourth-order valence-electron chi connectivity index (χ4n) is 2.21. The molecule has 0 unspecified atom stereocenters. The molecule has 0 aromatic rings. The average molecular weight is 211 g/mol. The highest BCUT2D eigenvalue weighted by atomic mass is 16.4. The van der Waals surface area contributed by atoms with Crippen molar-refractivity contribution < 1.29 is 14.7 Å². The average Bonchev–Trinajstić information content (AvgIpc) is 2.03. The van der Waals surface area contributed by atoms with Crippen LogP contribution in [0.2, 0.25) is 0 Å². The van der Waals surface area contributed by atoms with E-state index in [0.29, 0.717) is 18.9 Å². The summed E-state index contributed by atoms with van der Waals surface area (Å²) in [6.45, 7) is 0. The van der Waals surface area contributed by atoms with Gasteiger partial charge in [-0.3, -0.25) is 9.59 Å². The minimum atomic E-state index is -0.808. The number of hydrogen-bond acceptors (Lipinski definition) is 2. The van der Waals surface area contributed by atoms with Crippen LogP contribution in [0.15, 0.2) is 0 Å². The fraction of sp³-hybridized carbons (Fsp3) is 0.818. The van der Waals surface area contributed by atoms with Gasteiger partial charge < -0.3 is 10.4 Å². The number of amides is 1. The van der Waals surface area contributed by atoms with Crippen LogP contribution in [0, 0.1) is 5.41 Å². The molecule has 0 radical (unpaired) electrons. The summed E-state index contributed by atoms with van der Waals surface area (Å²) < 4.78 is 0. The summed E-state index contributed by atoms with van der Waals surface area (Å²) >= 11 is 0. The first-order valence-electron chi connectivity index (χ1n) is 5.65. The van der Waals surface area contributed by atoms with Crippen molar-refractivity contribution in [1.29, 1.82) is 0 Å². The molecule has 4 nitrogen and oxygen atoms in total. The fourth-order valence-corrected chi connectivity index (χ4v) is 2.21. The van der Waals surface area contributed by atoms with Crippen molar-refractivity contribution in [2.45, 2.75) is 51.0 Å². The molecule has 0 atom stereocenters. The quantitative estimate of drug-likeness (QED) is 0.736. The van der Waals surface area contributed by atoms with E-state index < -0.39 is 11.4 Å². The van der Waals surface area contributed by atoms with Crippen LogP contribution in [0.1, 0.15) is 44.9 Å². The van der Waals surface area contributed by atoms with Crippen molar-refractivity contribution in [2.75, 3.05) is 0 Å². The molecule has 0 aliphatic heterocycles. The minimum absolute atomic E-state index is 0.0817. The molecule has 0 bridgehead atoms. The highest BCUT2D eigenvalue weighted by molar-refractivity contribution is 5.85. The zero-order chi connectivity index (χ0) is 10.9. The van der Waals surface area contributed by atoms with Crippen LogP contribution in [0.3, 0.4) is 0 Å². The van der Waals surface area contributed by atoms with Gasteiger partial charge in [-0.15, -0.1) is 0 Å². The van der Waals surface area contributed by atoms with Crippen LogP contribution in [0.5, 0.6) is 0 Å². The van der Waals surface area contributed by atoms with Gasteiger partial charge in [0.2, 0.25) is 5.91 Å². The summed E-state index contributed by atoms with van der Waals surface area (Å²) in [6, 6.07) is 0.309. The van der Waals surface area contributed by atoms with Crippen molar-refractivity contribution in [3.8, 4) is 0 Å². The number of carboxylic acid groups (broad SMARTS) is 1. The first-order chi connectivity index (χ1) is 7.12. The Hall–Kier alpha value is -1.06. The summed E-state index contributed by atoms with van der Waals surface area (Å²) in [6.07, 6.45) is 5.68. The van der Waals surface area contributed by atoms with Gasteiger partial charge >= 0.3 is 5.97 Å². The zero-order valence-electron chi connectivity index (χ0n) is 8.79. The molecule has 2 aliphatic rings. The molecule has 2 N–H and O–H groups in total. The highest BCUT2D eigenvalue weighted by Crippen LogP contribution is 2.44. The van der Waals surface area contributed by atoms with Gasteiger partial charge in [0.25, 0.3) is 0 Å². The molecule has 1 amide bonds. The topological polar surface area (TPSA) is 66.4 Å². The number of rotatable bonds is 4. The smallest absolute Gasteiger partial charge is 0.310 e. The Morgan fingerprint density at radius 3 is 2.27 bits per heavy atom. The molecule has 0 heterocycles. The van der Waals surface area contributed by atoms with Gasteiger partial charge in [0.1, 0.15) is 0 Å². The van der Waals surface area contributed by atoms with Crippen LogP contribution in [-0.4, -0.2) is 23.0 Å². The molecule has 2 rings (SSSR count). The molecule has 4 heteroatoms. The first kappa shape index (κ1) is 10.5. The van der Waals surface area contributed by atoms with Crippen molar-refractivity contribution in [2.24, 2.45) is 5.41 Å². The van der Waals surface area contributed by atoms with Gasteiger partial charge in [0.05, 0.1) is 5.41 Å². The Kier molecular flexibility index (Phi) is 2.67. The third-order valence-electron chi connectivity index (χ3n) is 3.73. The Bertz CT molecular complexity index is 280. The summed E-state index contributed by atoms with van der Waals surface area (Å²) in [5.74, 6) is -0.890. The Morgan fingerprint density at radius 2 is 1.93 bits per heavy atom. The number of carbonyl (C=O) groups is 2. The van der Waals surface area contributed by atoms with E-state index in [1.165, 1.54) is 6.42 Å². The summed E-state index contributed by atoms with van der Waals surface area (Å²) in [7, 11) is 0. The zero-order valence-corrected chi connectivity index (χ0v) is 8.79. The molecule has 0 aromatic carbocycles. The molecular formula is C11H17NO3. The lowest BCUT2D eigenvalue weighted by molar-refractivity contribution is -0.157. The van der Waals surface area contributed by atoms with Crippen molar-refractivity contribution in [3.63, 3.8) is 0 Å². The molecular weight excluding hydrogens is 194 g/mol. The summed E-state index contributed by atoms with van der Waals surface area (Å²) in [4.78, 5) is 22.6. The third-order valence-corrected chi connectivity index (χ3v) is 3.73. The van der Waals surface area contributed by atoms with Crippen molar-refractivity contribution in [1.82, 2.24) is 5.32 Å². The maximum atomic E-state index is 11.6. The number of carboxylic acids is 1. The molecule has 15 heavy (non-hydrogen) atoms. The van der Waals surface area contributed by atoms with Crippen molar-refractivity contribution >= 4 is 11.9 Å². The molecule has 2 fully saturated rings. The SMILES string of the molecule is O=C(CC1(C(=O)O)CCC1)NC1CCC1. The molecule has 2 saturated carbocycles. The second kappa shape index (κ2) is 3.83. The lowest BCUT2D eigenvalue weighted by Crippen LogP contribution is -2.46. The Labute approximate surface area is 89.0 Å². The van der Waals surface area contributed by atoms with E-state index in [1.54, 1.807) is 0 Å².